The number of aliphatic imine (C=N–C) groups is 1. The lowest BCUT2D eigenvalue weighted by atomic mass is 10.0. The van der Waals surface area contributed by atoms with Crippen LogP contribution in [0, 0.1) is 21.4 Å². The third kappa shape index (κ3) is 3.77. The minimum atomic E-state index is -0.556. The van der Waals surface area contributed by atoms with Gasteiger partial charge in [0.05, 0.1) is 23.2 Å². The monoisotopic (exact) mass is 386 g/mol. The fourth-order valence-corrected chi connectivity index (χ4v) is 4.16. The Balaban J connectivity index is 2.02. The number of nitriles is 1. The van der Waals surface area contributed by atoms with Crippen LogP contribution in [-0.4, -0.2) is 41.3 Å². The first-order chi connectivity index (χ1) is 12.9. The molecule has 0 spiro atoms. The topological polar surface area (TPSA) is 112 Å². The van der Waals surface area contributed by atoms with Crippen LogP contribution in [0.15, 0.2) is 17.1 Å². The molecule has 27 heavy (non-hydrogen) atoms. The summed E-state index contributed by atoms with van der Waals surface area (Å²) in [4.78, 5) is 18.2. The maximum absolute atomic E-state index is 11.1. The van der Waals surface area contributed by atoms with Gasteiger partial charge in [-0.05, 0) is 26.0 Å². The summed E-state index contributed by atoms with van der Waals surface area (Å²) in [6, 6.07) is 4.62. The summed E-state index contributed by atoms with van der Waals surface area (Å²) in [7, 11) is 2.02. The predicted molar refractivity (Wildman–Crippen MR) is 102 cm³/mol. The summed E-state index contributed by atoms with van der Waals surface area (Å²) in [5.74, 6) is -0.188. The molecule has 8 nitrogen and oxygen atoms in total. The Hall–Kier alpha value is -2.96. The standard InChI is InChI=1S/C18H18N4O4S/c1-3-26-15-7-12(22(24)25)6-11(17(15)23)9-20-18-14(8-19)13-4-5-21(2)10-16(13)27-18/h6-7,9,23H,3-5,10H2,1-2H3/b20-9+. The van der Waals surface area contributed by atoms with Crippen LogP contribution in [-0.2, 0) is 13.0 Å². The van der Waals surface area contributed by atoms with Crippen LogP contribution in [0.1, 0.15) is 28.5 Å². The van der Waals surface area contributed by atoms with Crippen molar-refractivity contribution in [3.63, 3.8) is 0 Å². The van der Waals surface area contributed by atoms with Gasteiger partial charge in [-0.15, -0.1) is 11.3 Å². The predicted octanol–water partition coefficient (Wildman–Crippen LogP) is 3.37. The number of hydrogen-bond donors (Lipinski definition) is 1. The highest BCUT2D eigenvalue weighted by molar-refractivity contribution is 7.16. The van der Waals surface area contributed by atoms with Crippen molar-refractivity contribution in [2.24, 2.45) is 4.99 Å². The minimum Gasteiger partial charge on any atom is -0.504 e. The highest BCUT2D eigenvalue weighted by atomic mass is 32.1. The van der Waals surface area contributed by atoms with Gasteiger partial charge in [-0.3, -0.25) is 10.1 Å². The average molecular weight is 386 g/mol. The number of aromatic hydroxyl groups is 1. The molecule has 0 bridgehead atoms. The third-order valence-electron chi connectivity index (χ3n) is 4.26. The molecule has 0 aliphatic carbocycles. The molecule has 2 heterocycles. The van der Waals surface area contributed by atoms with Crippen LogP contribution in [0.3, 0.4) is 0 Å². The number of fused-ring (bicyclic) bond motifs is 1. The van der Waals surface area contributed by atoms with Gasteiger partial charge in [0, 0.05) is 35.8 Å². The number of phenolic OH excluding ortho intramolecular Hbond substituents is 1. The molecule has 0 atom stereocenters. The van der Waals surface area contributed by atoms with E-state index in [4.69, 9.17) is 4.74 Å². The molecule has 9 heteroatoms. The number of non-ortho nitro benzene ring substituents is 1. The number of phenols is 1. The number of hydrogen-bond acceptors (Lipinski definition) is 8. The number of benzene rings is 1. The van der Waals surface area contributed by atoms with E-state index in [1.54, 1.807) is 6.92 Å². The van der Waals surface area contributed by atoms with E-state index in [-0.39, 0.29) is 29.4 Å². The molecule has 0 amide bonds. The fraction of sp³-hybridized carbons (Fsp3) is 0.333. The normalized spacial score (nSPS) is 14.1. The number of rotatable bonds is 5. The van der Waals surface area contributed by atoms with E-state index >= 15 is 0 Å². The van der Waals surface area contributed by atoms with E-state index in [1.165, 1.54) is 29.7 Å². The number of nitrogens with zero attached hydrogens (tertiary/aromatic N) is 4. The Morgan fingerprint density at radius 1 is 1.56 bits per heavy atom. The molecule has 0 fully saturated rings. The first kappa shape index (κ1) is 18.8. The lowest BCUT2D eigenvalue weighted by molar-refractivity contribution is -0.385. The van der Waals surface area contributed by atoms with Gasteiger partial charge < -0.3 is 14.7 Å². The van der Waals surface area contributed by atoms with Crippen LogP contribution >= 0.6 is 11.3 Å². The van der Waals surface area contributed by atoms with Crippen LogP contribution in [0.25, 0.3) is 0 Å². The van der Waals surface area contributed by atoms with Gasteiger partial charge in [0.2, 0.25) is 0 Å². The average Bonchev–Trinajstić information content (AvgIpc) is 2.98. The zero-order valence-corrected chi connectivity index (χ0v) is 15.7. The Labute approximate surface area is 160 Å². The Bertz CT molecular complexity index is 961. The van der Waals surface area contributed by atoms with Gasteiger partial charge in [0.25, 0.3) is 5.69 Å². The molecule has 3 rings (SSSR count). The maximum atomic E-state index is 11.1. The van der Waals surface area contributed by atoms with Crippen LogP contribution in [0.4, 0.5) is 10.7 Å². The van der Waals surface area contributed by atoms with Crippen LogP contribution in [0.5, 0.6) is 11.5 Å². The fourth-order valence-electron chi connectivity index (χ4n) is 2.93. The number of likely N-dealkylation sites (N-methyl/N-ethyl adjacent to an activating group) is 1. The molecule has 1 aromatic heterocycles. The van der Waals surface area contributed by atoms with E-state index in [0.717, 1.165) is 30.0 Å². The third-order valence-corrected chi connectivity index (χ3v) is 5.39. The molecule has 0 saturated heterocycles. The molecule has 0 unspecified atom stereocenters. The van der Waals surface area contributed by atoms with Crippen LogP contribution in [0.2, 0.25) is 0 Å². The second kappa shape index (κ2) is 7.73. The van der Waals surface area contributed by atoms with Crippen LogP contribution < -0.4 is 4.74 Å². The van der Waals surface area contributed by atoms with E-state index in [0.29, 0.717) is 10.6 Å². The highest BCUT2D eigenvalue weighted by Gasteiger charge is 2.23. The molecule has 1 aliphatic heterocycles. The number of nitro groups is 1. The second-order valence-corrected chi connectivity index (χ2v) is 7.20. The molecule has 1 aliphatic rings. The Morgan fingerprint density at radius 2 is 2.33 bits per heavy atom. The maximum Gasteiger partial charge on any atom is 0.274 e. The largest absolute Gasteiger partial charge is 0.504 e. The van der Waals surface area contributed by atoms with Crippen molar-refractivity contribution >= 4 is 28.2 Å². The molecule has 1 aromatic carbocycles. The zero-order chi connectivity index (χ0) is 19.6. The number of nitro benzene ring substituents is 1. The van der Waals surface area contributed by atoms with E-state index < -0.39 is 4.92 Å². The minimum absolute atomic E-state index is 0.0285. The molecule has 1 N–H and O–H groups in total. The quantitative estimate of drug-likeness (QED) is 0.479. The van der Waals surface area contributed by atoms with Crippen molar-refractivity contribution in [3.05, 3.63) is 43.8 Å². The molecule has 140 valence electrons. The summed E-state index contributed by atoms with van der Waals surface area (Å²) in [5.41, 5.74) is 1.52. The van der Waals surface area contributed by atoms with E-state index in [2.05, 4.69) is 16.0 Å². The summed E-state index contributed by atoms with van der Waals surface area (Å²) < 4.78 is 5.27. The van der Waals surface area contributed by atoms with Gasteiger partial charge in [0.15, 0.2) is 11.5 Å². The van der Waals surface area contributed by atoms with Crippen molar-refractivity contribution in [3.8, 4) is 17.6 Å². The lowest BCUT2D eigenvalue weighted by Gasteiger charge is -2.21. The highest BCUT2D eigenvalue weighted by Crippen LogP contribution is 2.39. The lowest BCUT2D eigenvalue weighted by Crippen LogP contribution is -2.25. The second-order valence-electron chi connectivity index (χ2n) is 6.11. The molecular formula is C18H18N4O4S. The van der Waals surface area contributed by atoms with Crippen molar-refractivity contribution in [1.29, 1.82) is 5.26 Å². The van der Waals surface area contributed by atoms with E-state index in [9.17, 15) is 20.5 Å². The first-order valence-corrected chi connectivity index (χ1v) is 9.17. The SMILES string of the molecule is CCOc1cc([N+](=O)[O-])cc(/C=N/c2sc3c(c2C#N)CCN(C)C3)c1O. The van der Waals surface area contributed by atoms with Gasteiger partial charge in [0.1, 0.15) is 11.1 Å². The molecule has 2 aromatic rings. The van der Waals surface area contributed by atoms with Crippen molar-refractivity contribution < 1.29 is 14.8 Å². The summed E-state index contributed by atoms with van der Waals surface area (Å²) >= 11 is 1.43. The van der Waals surface area contributed by atoms with Gasteiger partial charge in [-0.1, -0.05) is 0 Å². The summed E-state index contributed by atoms with van der Waals surface area (Å²) in [6.07, 6.45) is 2.13. The molecule has 0 radical (unpaired) electrons. The smallest absolute Gasteiger partial charge is 0.274 e. The number of thiophene rings is 1. The Kier molecular flexibility index (Phi) is 5.39. The molecule has 0 saturated carbocycles. The summed E-state index contributed by atoms with van der Waals surface area (Å²) in [6.45, 7) is 3.62. The first-order valence-electron chi connectivity index (χ1n) is 8.36. The summed E-state index contributed by atoms with van der Waals surface area (Å²) in [5, 5.41) is 31.5. The van der Waals surface area contributed by atoms with Crippen molar-refractivity contribution in [2.75, 3.05) is 20.2 Å². The van der Waals surface area contributed by atoms with Gasteiger partial charge in [-0.2, -0.15) is 5.26 Å². The zero-order valence-electron chi connectivity index (χ0n) is 14.9. The molecular weight excluding hydrogens is 368 g/mol. The van der Waals surface area contributed by atoms with Gasteiger partial charge in [-0.25, -0.2) is 4.99 Å². The van der Waals surface area contributed by atoms with Crippen molar-refractivity contribution in [2.45, 2.75) is 19.9 Å². The number of ether oxygens (including phenoxy) is 1. The van der Waals surface area contributed by atoms with E-state index in [1.807, 2.05) is 7.05 Å². The Morgan fingerprint density at radius 3 is 3.00 bits per heavy atom. The van der Waals surface area contributed by atoms with Gasteiger partial charge >= 0.3 is 0 Å². The van der Waals surface area contributed by atoms with Crippen molar-refractivity contribution in [1.82, 2.24) is 4.90 Å².